The molecule has 0 aliphatic rings. The number of esters is 1. The van der Waals surface area contributed by atoms with Crippen molar-refractivity contribution in [2.75, 3.05) is 6.61 Å². The van der Waals surface area contributed by atoms with Crippen molar-refractivity contribution in [1.29, 1.82) is 0 Å². The maximum absolute atomic E-state index is 11.1. The molecule has 2 nitrogen and oxygen atoms in total. The molecule has 0 aliphatic carbocycles. The van der Waals surface area contributed by atoms with Crippen molar-refractivity contribution >= 4 is 14.0 Å². The lowest BCUT2D eigenvalue weighted by Crippen LogP contribution is -2.19. The number of carbonyl (C=O) groups excluding carboxylic acids is 1. The largest absolute Gasteiger partial charge is 0.463 e. The van der Waals surface area contributed by atoms with E-state index in [2.05, 4.69) is 19.6 Å². The first-order chi connectivity index (χ1) is 5.85. The average Bonchev–Trinajstić information content (AvgIpc) is 1.81. The SMILES string of the molecule is CCOC(=O)/C=C(/C)C[Si](C)(C)C. The molecule has 0 aromatic rings. The van der Waals surface area contributed by atoms with Gasteiger partial charge in [-0.1, -0.05) is 25.2 Å². The molecule has 76 valence electrons. The molecule has 13 heavy (non-hydrogen) atoms. The number of hydrogen-bond donors (Lipinski definition) is 0. The highest BCUT2D eigenvalue weighted by Crippen LogP contribution is 2.15. The summed E-state index contributed by atoms with van der Waals surface area (Å²) < 4.78 is 4.83. The van der Waals surface area contributed by atoms with Crippen LogP contribution in [0.3, 0.4) is 0 Å². The lowest BCUT2D eigenvalue weighted by atomic mass is 10.3. The van der Waals surface area contributed by atoms with Gasteiger partial charge in [-0.05, 0) is 19.9 Å². The number of allylic oxidation sites excluding steroid dienone is 1. The molecule has 0 aromatic heterocycles. The monoisotopic (exact) mass is 200 g/mol. The Hall–Kier alpha value is -0.573. The van der Waals surface area contributed by atoms with Gasteiger partial charge in [0.25, 0.3) is 0 Å². The Balaban J connectivity index is 4.09. The molecule has 0 amide bonds. The van der Waals surface area contributed by atoms with Crippen molar-refractivity contribution < 1.29 is 9.53 Å². The molecule has 0 radical (unpaired) electrons. The highest BCUT2D eigenvalue weighted by Gasteiger charge is 2.13. The minimum absolute atomic E-state index is 0.210. The van der Waals surface area contributed by atoms with Crippen LogP contribution >= 0.6 is 0 Å². The molecule has 0 unspecified atom stereocenters. The highest BCUT2D eigenvalue weighted by atomic mass is 28.3. The Morgan fingerprint density at radius 3 is 2.31 bits per heavy atom. The maximum Gasteiger partial charge on any atom is 0.330 e. The summed E-state index contributed by atoms with van der Waals surface area (Å²) in [4.78, 5) is 11.1. The summed E-state index contributed by atoms with van der Waals surface area (Å²) in [5.74, 6) is -0.210. The summed E-state index contributed by atoms with van der Waals surface area (Å²) in [7, 11) is -1.09. The fraction of sp³-hybridized carbons (Fsp3) is 0.700. The quantitative estimate of drug-likeness (QED) is 0.396. The van der Waals surface area contributed by atoms with E-state index in [0.717, 1.165) is 11.6 Å². The van der Waals surface area contributed by atoms with Crippen LogP contribution in [0.25, 0.3) is 0 Å². The van der Waals surface area contributed by atoms with Crippen LogP contribution in [0.2, 0.25) is 25.7 Å². The van der Waals surface area contributed by atoms with E-state index < -0.39 is 8.07 Å². The first-order valence-corrected chi connectivity index (χ1v) is 8.40. The van der Waals surface area contributed by atoms with Crippen LogP contribution < -0.4 is 0 Å². The van der Waals surface area contributed by atoms with Crippen LogP contribution in [0.1, 0.15) is 13.8 Å². The maximum atomic E-state index is 11.1. The van der Waals surface area contributed by atoms with Gasteiger partial charge in [-0.25, -0.2) is 4.79 Å². The number of ether oxygens (including phenoxy) is 1. The normalized spacial score (nSPS) is 12.8. The first kappa shape index (κ1) is 12.4. The average molecular weight is 200 g/mol. The van der Waals surface area contributed by atoms with Crippen LogP contribution in [0.15, 0.2) is 11.6 Å². The van der Waals surface area contributed by atoms with E-state index in [9.17, 15) is 4.79 Å². The Labute approximate surface area is 82.0 Å². The van der Waals surface area contributed by atoms with Gasteiger partial charge in [0.2, 0.25) is 0 Å². The van der Waals surface area contributed by atoms with E-state index in [4.69, 9.17) is 4.74 Å². The van der Waals surface area contributed by atoms with Crippen LogP contribution in [-0.4, -0.2) is 20.7 Å². The van der Waals surface area contributed by atoms with E-state index in [1.54, 1.807) is 6.08 Å². The predicted octanol–water partition coefficient (Wildman–Crippen LogP) is 2.83. The van der Waals surface area contributed by atoms with Gasteiger partial charge in [0.05, 0.1) is 6.61 Å². The first-order valence-electron chi connectivity index (χ1n) is 4.69. The van der Waals surface area contributed by atoms with E-state index in [0.29, 0.717) is 6.61 Å². The second-order valence-corrected chi connectivity index (χ2v) is 9.96. The van der Waals surface area contributed by atoms with E-state index in [1.807, 2.05) is 13.8 Å². The van der Waals surface area contributed by atoms with Crippen molar-refractivity contribution in [3.05, 3.63) is 11.6 Å². The van der Waals surface area contributed by atoms with Crippen LogP contribution in [0.5, 0.6) is 0 Å². The zero-order chi connectivity index (χ0) is 10.5. The van der Waals surface area contributed by atoms with E-state index >= 15 is 0 Å². The third-order valence-corrected chi connectivity index (χ3v) is 3.08. The molecule has 0 rings (SSSR count). The lowest BCUT2D eigenvalue weighted by molar-refractivity contribution is -0.137. The number of carbonyl (C=O) groups is 1. The molecule has 0 bridgehead atoms. The summed E-state index contributed by atoms with van der Waals surface area (Å²) in [6.07, 6.45) is 1.61. The smallest absolute Gasteiger partial charge is 0.330 e. The molecular weight excluding hydrogens is 180 g/mol. The summed E-state index contributed by atoms with van der Waals surface area (Å²) in [5.41, 5.74) is 1.14. The molecule has 0 atom stereocenters. The second-order valence-electron chi connectivity index (χ2n) is 4.48. The molecule has 0 fully saturated rings. The molecular formula is C10H20O2Si. The van der Waals surface area contributed by atoms with Gasteiger partial charge in [-0.2, -0.15) is 0 Å². The Morgan fingerprint density at radius 1 is 1.38 bits per heavy atom. The van der Waals surface area contributed by atoms with Gasteiger partial charge in [0.1, 0.15) is 0 Å². The zero-order valence-corrected chi connectivity index (χ0v) is 10.3. The van der Waals surface area contributed by atoms with Crippen LogP contribution in [-0.2, 0) is 9.53 Å². The minimum Gasteiger partial charge on any atom is -0.463 e. The summed E-state index contributed by atoms with van der Waals surface area (Å²) in [6.45, 7) is 11.1. The minimum atomic E-state index is -1.09. The lowest BCUT2D eigenvalue weighted by Gasteiger charge is -2.15. The standard InChI is InChI=1S/C10H20O2Si/c1-6-12-10(11)7-9(2)8-13(3,4)5/h7H,6,8H2,1-5H3/b9-7-. The Bertz CT molecular complexity index is 201. The molecule has 0 aliphatic heterocycles. The van der Waals surface area contributed by atoms with Crippen LogP contribution in [0.4, 0.5) is 0 Å². The summed E-state index contributed by atoms with van der Waals surface area (Å²) in [5, 5.41) is 0. The number of hydrogen-bond acceptors (Lipinski definition) is 2. The van der Waals surface area contributed by atoms with Crippen molar-refractivity contribution in [2.24, 2.45) is 0 Å². The Kier molecular flexibility index (Phi) is 4.99. The third kappa shape index (κ3) is 7.78. The summed E-state index contributed by atoms with van der Waals surface area (Å²) >= 11 is 0. The Morgan fingerprint density at radius 2 is 1.92 bits per heavy atom. The van der Waals surface area contributed by atoms with Gasteiger partial charge in [0, 0.05) is 14.1 Å². The molecule has 0 heterocycles. The van der Waals surface area contributed by atoms with Crippen molar-refractivity contribution in [3.8, 4) is 0 Å². The van der Waals surface area contributed by atoms with Gasteiger partial charge in [-0.15, -0.1) is 0 Å². The summed E-state index contributed by atoms with van der Waals surface area (Å²) in [6, 6.07) is 1.06. The second kappa shape index (κ2) is 5.22. The zero-order valence-electron chi connectivity index (χ0n) is 9.31. The molecule has 0 saturated heterocycles. The molecule has 0 saturated carbocycles. The van der Waals surface area contributed by atoms with Crippen molar-refractivity contribution in [1.82, 2.24) is 0 Å². The third-order valence-electron chi connectivity index (χ3n) is 1.46. The molecule has 0 spiro atoms. The van der Waals surface area contributed by atoms with E-state index in [-0.39, 0.29) is 5.97 Å². The predicted molar refractivity (Wildman–Crippen MR) is 58.5 cm³/mol. The topological polar surface area (TPSA) is 26.3 Å². The van der Waals surface area contributed by atoms with Gasteiger partial charge < -0.3 is 4.74 Å². The molecule has 0 N–H and O–H groups in total. The van der Waals surface area contributed by atoms with Crippen LogP contribution in [0, 0.1) is 0 Å². The fourth-order valence-corrected chi connectivity index (χ4v) is 3.05. The molecule has 3 heteroatoms. The number of rotatable bonds is 4. The van der Waals surface area contributed by atoms with Gasteiger partial charge in [0.15, 0.2) is 0 Å². The molecule has 0 aromatic carbocycles. The van der Waals surface area contributed by atoms with E-state index in [1.165, 1.54) is 0 Å². The van der Waals surface area contributed by atoms with Crippen molar-refractivity contribution in [3.63, 3.8) is 0 Å². The van der Waals surface area contributed by atoms with Gasteiger partial charge in [-0.3, -0.25) is 0 Å². The van der Waals surface area contributed by atoms with Gasteiger partial charge >= 0.3 is 5.97 Å². The fourth-order valence-electron chi connectivity index (χ4n) is 1.27. The van der Waals surface area contributed by atoms with Crippen molar-refractivity contribution in [2.45, 2.75) is 39.5 Å². The highest BCUT2D eigenvalue weighted by molar-refractivity contribution is 6.76.